The third-order valence-corrected chi connectivity index (χ3v) is 3.14. The molecule has 0 spiro atoms. The van der Waals surface area contributed by atoms with Gasteiger partial charge in [-0.1, -0.05) is 35.5 Å². The van der Waals surface area contributed by atoms with Crippen molar-refractivity contribution >= 4 is 0 Å². The molecule has 0 aliphatic rings. The van der Waals surface area contributed by atoms with E-state index in [0.29, 0.717) is 6.04 Å². The van der Waals surface area contributed by atoms with Crippen LogP contribution in [0.2, 0.25) is 0 Å². The Bertz CT molecular complexity index is 464. The fraction of sp³-hybridized carbons (Fsp3) is 0.429. The van der Waals surface area contributed by atoms with Gasteiger partial charge >= 0.3 is 0 Å². The van der Waals surface area contributed by atoms with Crippen LogP contribution in [-0.4, -0.2) is 28.1 Å². The second kappa shape index (κ2) is 6.31. The molecule has 1 atom stereocenters. The standard InChI is InChI=1S/C14H20N4/c1-15-13(10-14-11-18(2)17-16-14)9-8-12-6-4-3-5-7-12/h3-7,11,13,15H,8-10H2,1-2H3. The van der Waals surface area contributed by atoms with Gasteiger partial charge in [0.05, 0.1) is 5.69 Å². The van der Waals surface area contributed by atoms with Crippen LogP contribution in [0.15, 0.2) is 36.5 Å². The number of hydrogen-bond acceptors (Lipinski definition) is 3. The van der Waals surface area contributed by atoms with E-state index >= 15 is 0 Å². The molecule has 1 aromatic heterocycles. The second-order valence-electron chi connectivity index (χ2n) is 4.60. The number of nitrogens with zero attached hydrogens (tertiary/aromatic N) is 3. The van der Waals surface area contributed by atoms with Crippen LogP contribution in [0.3, 0.4) is 0 Å². The van der Waals surface area contributed by atoms with Crippen LogP contribution in [-0.2, 0) is 19.9 Å². The molecule has 0 aliphatic carbocycles. The highest BCUT2D eigenvalue weighted by Gasteiger charge is 2.09. The van der Waals surface area contributed by atoms with Crippen molar-refractivity contribution < 1.29 is 0 Å². The maximum atomic E-state index is 4.13. The van der Waals surface area contributed by atoms with Gasteiger partial charge in [0.15, 0.2) is 0 Å². The van der Waals surface area contributed by atoms with Crippen molar-refractivity contribution in [3.63, 3.8) is 0 Å². The molecule has 4 nitrogen and oxygen atoms in total. The predicted molar refractivity (Wildman–Crippen MR) is 72.3 cm³/mol. The highest BCUT2D eigenvalue weighted by atomic mass is 15.4. The SMILES string of the molecule is CNC(CCc1ccccc1)Cc1cn(C)nn1. The number of aromatic nitrogens is 3. The van der Waals surface area contributed by atoms with Gasteiger partial charge in [0.25, 0.3) is 0 Å². The van der Waals surface area contributed by atoms with Crippen molar-refractivity contribution in [3.05, 3.63) is 47.8 Å². The monoisotopic (exact) mass is 244 g/mol. The minimum absolute atomic E-state index is 0.446. The first-order valence-electron chi connectivity index (χ1n) is 6.34. The van der Waals surface area contributed by atoms with Crippen LogP contribution in [0, 0.1) is 0 Å². The smallest absolute Gasteiger partial charge is 0.0842 e. The highest BCUT2D eigenvalue weighted by molar-refractivity contribution is 5.15. The van der Waals surface area contributed by atoms with Gasteiger partial charge < -0.3 is 5.32 Å². The molecule has 2 aromatic rings. The molecule has 0 saturated heterocycles. The second-order valence-corrected chi connectivity index (χ2v) is 4.60. The summed E-state index contributed by atoms with van der Waals surface area (Å²) in [6, 6.07) is 11.0. The van der Waals surface area contributed by atoms with E-state index in [1.165, 1.54) is 5.56 Å². The maximum Gasteiger partial charge on any atom is 0.0842 e. The van der Waals surface area contributed by atoms with Crippen LogP contribution in [0.5, 0.6) is 0 Å². The molecule has 1 heterocycles. The van der Waals surface area contributed by atoms with Gasteiger partial charge in [-0.15, -0.1) is 5.10 Å². The maximum absolute atomic E-state index is 4.13. The number of aryl methyl sites for hydroxylation is 2. The van der Waals surface area contributed by atoms with Crippen LogP contribution in [0.25, 0.3) is 0 Å². The Morgan fingerprint density at radius 1 is 1.28 bits per heavy atom. The van der Waals surface area contributed by atoms with Crippen molar-refractivity contribution in [3.8, 4) is 0 Å². The molecule has 0 radical (unpaired) electrons. The van der Waals surface area contributed by atoms with Gasteiger partial charge in [0.1, 0.15) is 0 Å². The zero-order valence-corrected chi connectivity index (χ0v) is 11.0. The van der Waals surface area contributed by atoms with E-state index in [9.17, 15) is 0 Å². The third-order valence-electron chi connectivity index (χ3n) is 3.14. The topological polar surface area (TPSA) is 42.7 Å². The van der Waals surface area contributed by atoms with E-state index in [1.807, 2.05) is 20.3 Å². The average molecular weight is 244 g/mol. The average Bonchev–Trinajstić information content (AvgIpc) is 2.81. The summed E-state index contributed by atoms with van der Waals surface area (Å²) in [4.78, 5) is 0. The lowest BCUT2D eigenvalue weighted by molar-refractivity contribution is 0.515. The summed E-state index contributed by atoms with van der Waals surface area (Å²) in [5, 5.41) is 11.4. The lowest BCUT2D eigenvalue weighted by Crippen LogP contribution is -2.28. The Labute approximate surface area is 108 Å². The number of benzene rings is 1. The van der Waals surface area contributed by atoms with Gasteiger partial charge in [-0.05, 0) is 25.5 Å². The van der Waals surface area contributed by atoms with Crippen LogP contribution >= 0.6 is 0 Å². The molecule has 4 heteroatoms. The fourth-order valence-corrected chi connectivity index (χ4v) is 2.08. The molecule has 0 saturated carbocycles. The Morgan fingerprint density at radius 3 is 2.67 bits per heavy atom. The van der Waals surface area contributed by atoms with Gasteiger partial charge in [0.2, 0.25) is 0 Å². The predicted octanol–water partition coefficient (Wildman–Crippen LogP) is 1.58. The zero-order valence-electron chi connectivity index (χ0n) is 11.0. The van der Waals surface area contributed by atoms with Gasteiger partial charge in [0, 0.05) is 25.7 Å². The first-order valence-corrected chi connectivity index (χ1v) is 6.34. The number of rotatable bonds is 6. The van der Waals surface area contributed by atoms with Gasteiger partial charge in [-0.2, -0.15) is 0 Å². The minimum Gasteiger partial charge on any atom is -0.317 e. The Balaban J connectivity index is 1.86. The number of likely N-dealkylation sites (N-methyl/N-ethyl adjacent to an activating group) is 1. The Kier molecular flexibility index (Phi) is 4.47. The summed E-state index contributed by atoms with van der Waals surface area (Å²) in [6.07, 6.45) is 5.10. The summed E-state index contributed by atoms with van der Waals surface area (Å²) in [6.45, 7) is 0. The van der Waals surface area contributed by atoms with E-state index < -0.39 is 0 Å². The van der Waals surface area contributed by atoms with E-state index in [-0.39, 0.29) is 0 Å². The van der Waals surface area contributed by atoms with Gasteiger partial charge in [-0.25, -0.2) is 0 Å². The molecule has 0 bridgehead atoms. The fourth-order valence-electron chi connectivity index (χ4n) is 2.08. The summed E-state index contributed by atoms with van der Waals surface area (Å²) in [5.41, 5.74) is 2.43. The van der Waals surface area contributed by atoms with Crippen molar-refractivity contribution in [1.29, 1.82) is 0 Å². The van der Waals surface area contributed by atoms with Crippen molar-refractivity contribution in [1.82, 2.24) is 20.3 Å². The summed E-state index contributed by atoms with van der Waals surface area (Å²) in [5.74, 6) is 0. The summed E-state index contributed by atoms with van der Waals surface area (Å²) >= 11 is 0. The molecule has 1 aromatic carbocycles. The largest absolute Gasteiger partial charge is 0.317 e. The Hall–Kier alpha value is -1.68. The van der Waals surface area contributed by atoms with Crippen molar-refractivity contribution in [2.75, 3.05) is 7.05 Å². The van der Waals surface area contributed by atoms with Crippen molar-refractivity contribution in [2.24, 2.45) is 7.05 Å². The zero-order chi connectivity index (χ0) is 12.8. The molecule has 2 rings (SSSR count). The van der Waals surface area contributed by atoms with E-state index in [0.717, 1.165) is 25.0 Å². The molecule has 18 heavy (non-hydrogen) atoms. The molecular weight excluding hydrogens is 224 g/mol. The van der Waals surface area contributed by atoms with E-state index in [1.54, 1.807) is 4.68 Å². The molecular formula is C14H20N4. The molecule has 1 unspecified atom stereocenters. The lowest BCUT2D eigenvalue weighted by Gasteiger charge is -2.14. The van der Waals surface area contributed by atoms with Crippen molar-refractivity contribution in [2.45, 2.75) is 25.3 Å². The van der Waals surface area contributed by atoms with E-state index in [2.05, 4.69) is 46.0 Å². The first-order chi connectivity index (χ1) is 8.78. The molecule has 96 valence electrons. The number of nitrogens with one attached hydrogen (secondary N) is 1. The highest BCUT2D eigenvalue weighted by Crippen LogP contribution is 2.08. The molecule has 0 amide bonds. The quantitative estimate of drug-likeness (QED) is 0.839. The van der Waals surface area contributed by atoms with Gasteiger partial charge in [-0.3, -0.25) is 4.68 Å². The summed E-state index contributed by atoms with van der Waals surface area (Å²) in [7, 11) is 3.90. The third kappa shape index (κ3) is 3.67. The molecule has 0 fully saturated rings. The minimum atomic E-state index is 0.446. The van der Waals surface area contributed by atoms with Crippen LogP contribution in [0.4, 0.5) is 0 Å². The lowest BCUT2D eigenvalue weighted by atomic mass is 10.0. The van der Waals surface area contributed by atoms with E-state index in [4.69, 9.17) is 0 Å². The molecule has 1 N–H and O–H groups in total. The van der Waals surface area contributed by atoms with Crippen LogP contribution in [0.1, 0.15) is 17.7 Å². The Morgan fingerprint density at radius 2 is 2.06 bits per heavy atom. The van der Waals surface area contributed by atoms with Crippen LogP contribution < -0.4 is 5.32 Å². The molecule has 0 aliphatic heterocycles. The summed E-state index contributed by atoms with van der Waals surface area (Å²) < 4.78 is 1.75. The first kappa shape index (κ1) is 12.8. The normalized spacial score (nSPS) is 12.6. The number of hydrogen-bond donors (Lipinski definition) is 1.